The molecule has 1 atom stereocenters. The molecular formula is C16H15Cl2NO2S. The molecule has 2 aromatic rings. The highest BCUT2D eigenvalue weighted by molar-refractivity contribution is 7.16. The molecule has 4 rings (SSSR count). The van der Waals surface area contributed by atoms with Crippen molar-refractivity contribution in [3.8, 4) is 0 Å². The Bertz CT molecular complexity index is 697. The van der Waals surface area contributed by atoms with E-state index >= 15 is 0 Å². The number of aromatic nitrogens is 1. The minimum atomic E-state index is -0.272. The molecule has 1 fully saturated rings. The Morgan fingerprint density at radius 3 is 2.82 bits per heavy atom. The largest absolute Gasteiger partial charge is 0.345 e. The summed E-state index contributed by atoms with van der Waals surface area (Å²) in [6.07, 6.45) is 2.97. The molecule has 116 valence electrons. The highest BCUT2D eigenvalue weighted by Crippen LogP contribution is 2.44. The van der Waals surface area contributed by atoms with Gasteiger partial charge in [-0.05, 0) is 42.5 Å². The SMILES string of the molecule is Clc1ccc2c(n1)C(c1cc(C3OCCO3)sc1Cl)CCC2. The maximum absolute atomic E-state index is 6.51. The molecule has 0 amide bonds. The van der Waals surface area contributed by atoms with Crippen LogP contribution in [-0.4, -0.2) is 18.2 Å². The molecule has 0 bridgehead atoms. The molecule has 1 aliphatic carbocycles. The monoisotopic (exact) mass is 355 g/mol. The summed E-state index contributed by atoms with van der Waals surface area (Å²) in [5.41, 5.74) is 3.47. The van der Waals surface area contributed by atoms with Crippen LogP contribution < -0.4 is 0 Å². The highest BCUT2D eigenvalue weighted by Gasteiger charge is 2.29. The third-order valence-electron chi connectivity index (χ3n) is 4.21. The number of fused-ring (bicyclic) bond motifs is 1. The second-order valence-electron chi connectivity index (χ2n) is 5.57. The first-order chi connectivity index (χ1) is 10.7. The Hall–Kier alpha value is -0.650. The lowest BCUT2D eigenvalue weighted by Gasteiger charge is -2.24. The van der Waals surface area contributed by atoms with Gasteiger partial charge in [-0.2, -0.15) is 0 Å². The van der Waals surface area contributed by atoms with Crippen molar-refractivity contribution in [1.29, 1.82) is 0 Å². The van der Waals surface area contributed by atoms with Gasteiger partial charge in [-0.25, -0.2) is 4.98 Å². The maximum atomic E-state index is 6.51. The van der Waals surface area contributed by atoms with Gasteiger partial charge in [0.1, 0.15) is 5.15 Å². The van der Waals surface area contributed by atoms with Crippen LogP contribution in [0.1, 0.15) is 46.7 Å². The van der Waals surface area contributed by atoms with Gasteiger partial charge in [-0.3, -0.25) is 0 Å². The number of aryl methyl sites for hydroxylation is 1. The molecule has 0 N–H and O–H groups in total. The first kappa shape index (κ1) is 14.9. The van der Waals surface area contributed by atoms with Crippen LogP contribution in [0, 0.1) is 0 Å². The van der Waals surface area contributed by atoms with Crippen molar-refractivity contribution in [2.24, 2.45) is 0 Å². The van der Waals surface area contributed by atoms with Crippen LogP contribution in [0.25, 0.3) is 0 Å². The van der Waals surface area contributed by atoms with Crippen molar-refractivity contribution >= 4 is 34.5 Å². The number of nitrogens with zero attached hydrogens (tertiary/aromatic N) is 1. The highest BCUT2D eigenvalue weighted by atomic mass is 35.5. The van der Waals surface area contributed by atoms with Crippen molar-refractivity contribution < 1.29 is 9.47 Å². The summed E-state index contributed by atoms with van der Waals surface area (Å²) in [5, 5.41) is 0.541. The van der Waals surface area contributed by atoms with Crippen molar-refractivity contribution in [1.82, 2.24) is 4.98 Å². The minimum Gasteiger partial charge on any atom is -0.345 e. The quantitative estimate of drug-likeness (QED) is 0.713. The molecule has 1 saturated heterocycles. The Morgan fingerprint density at radius 1 is 1.18 bits per heavy atom. The van der Waals surface area contributed by atoms with E-state index in [1.165, 1.54) is 16.9 Å². The zero-order chi connectivity index (χ0) is 15.1. The maximum Gasteiger partial charge on any atom is 0.193 e. The topological polar surface area (TPSA) is 31.4 Å². The molecule has 0 radical (unpaired) electrons. The summed E-state index contributed by atoms with van der Waals surface area (Å²) < 4.78 is 12.0. The molecule has 1 unspecified atom stereocenters. The smallest absolute Gasteiger partial charge is 0.193 e. The molecule has 3 heterocycles. The van der Waals surface area contributed by atoms with Gasteiger partial charge in [0, 0.05) is 5.92 Å². The number of thiophene rings is 1. The van der Waals surface area contributed by atoms with Gasteiger partial charge < -0.3 is 9.47 Å². The van der Waals surface area contributed by atoms with Crippen LogP contribution >= 0.6 is 34.5 Å². The Labute approximate surface area is 143 Å². The standard InChI is InChI=1S/C16H15Cl2NO2S/c17-13-5-4-9-2-1-3-10(14(9)19-13)11-8-12(22-15(11)18)16-20-6-7-21-16/h4-5,8,10,16H,1-3,6-7H2. The van der Waals surface area contributed by atoms with E-state index < -0.39 is 0 Å². The molecule has 0 spiro atoms. The van der Waals surface area contributed by atoms with E-state index in [-0.39, 0.29) is 12.2 Å². The second-order valence-corrected chi connectivity index (χ2v) is 7.65. The zero-order valence-electron chi connectivity index (χ0n) is 11.9. The summed E-state index contributed by atoms with van der Waals surface area (Å²) in [5.74, 6) is 0.210. The van der Waals surface area contributed by atoms with Gasteiger partial charge in [0.05, 0.1) is 28.1 Å². The second kappa shape index (κ2) is 6.10. The van der Waals surface area contributed by atoms with Crippen LogP contribution in [0.2, 0.25) is 9.49 Å². The summed E-state index contributed by atoms with van der Waals surface area (Å²) >= 11 is 14.1. The fraction of sp³-hybridized carbons (Fsp3) is 0.438. The van der Waals surface area contributed by atoms with Gasteiger partial charge in [0.2, 0.25) is 0 Å². The van der Waals surface area contributed by atoms with E-state index in [1.807, 2.05) is 6.07 Å². The molecule has 1 aliphatic heterocycles. The molecule has 6 heteroatoms. The van der Waals surface area contributed by atoms with Gasteiger partial charge in [-0.1, -0.05) is 29.3 Å². The predicted octanol–water partition coefficient (Wildman–Crippen LogP) is 4.96. The van der Waals surface area contributed by atoms with Crippen LogP contribution in [0.5, 0.6) is 0 Å². The zero-order valence-corrected chi connectivity index (χ0v) is 14.2. The van der Waals surface area contributed by atoms with Crippen LogP contribution in [0.4, 0.5) is 0 Å². The van der Waals surface area contributed by atoms with E-state index in [1.54, 1.807) is 0 Å². The molecule has 3 nitrogen and oxygen atoms in total. The third kappa shape index (κ3) is 2.68. The third-order valence-corrected chi connectivity index (χ3v) is 5.83. The van der Waals surface area contributed by atoms with E-state index in [4.69, 9.17) is 32.7 Å². The number of ether oxygens (including phenoxy) is 2. The lowest BCUT2D eigenvalue weighted by atomic mass is 9.83. The average molecular weight is 356 g/mol. The fourth-order valence-corrected chi connectivity index (χ4v) is 4.76. The van der Waals surface area contributed by atoms with Crippen LogP contribution in [0.15, 0.2) is 18.2 Å². The van der Waals surface area contributed by atoms with E-state index in [9.17, 15) is 0 Å². The Balaban J connectivity index is 1.72. The molecule has 2 aromatic heterocycles. The van der Waals surface area contributed by atoms with Crippen LogP contribution in [0.3, 0.4) is 0 Å². The first-order valence-electron chi connectivity index (χ1n) is 7.40. The predicted molar refractivity (Wildman–Crippen MR) is 88.0 cm³/mol. The number of hydrogen-bond donors (Lipinski definition) is 0. The van der Waals surface area contributed by atoms with Gasteiger partial charge in [-0.15, -0.1) is 11.3 Å². The van der Waals surface area contributed by atoms with E-state index in [2.05, 4.69) is 17.1 Å². The van der Waals surface area contributed by atoms with E-state index in [0.717, 1.165) is 39.7 Å². The summed E-state index contributed by atoms with van der Waals surface area (Å²) in [6, 6.07) is 6.07. The van der Waals surface area contributed by atoms with Crippen LogP contribution in [-0.2, 0) is 15.9 Å². The van der Waals surface area contributed by atoms with Gasteiger partial charge >= 0.3 is 0 Å². The Kier molecular flexibility index (Phi) is 4.13. The first-order valence-corrected chi connectivity index (χ1v) is 8.97. The van der Waals surface area contributed by atoms with Gasteiger partial charge in [0.15, 0.2) is 6.29 Å². The van der Waals surface area contributed by atoms with Crippen molar-refractivity contribution in [3.05, 3.63) is 49.4 Å². The molecular weight excluding hydrogens is 341 g/mol. The Morgan fingerprint density at radius 2 is 2.00 bits per heavy atom. The number of rotatable bonds is 2. The molecule has 0 aromatic carbocycles. The summed E-state index contributed by atoms with van der Waals surface area (Å²) in [4.78, 5) is 5.60. The molecule has 0 saturated carbocycles. The minimum absolute atomic E-state index is 0.210. The number of pyridine rings is 1. The number of halogens is 2. The summed E-state index contributed by atoms with van der Waals surface area (Å²) in [6.45, 7) is 1.28. The van der Waals surface area contributed by atoms with Crippen molar-refractivity contribution in [2.75, 3.05) is 13.2 Å². The van der Waals surface area contributed by atoms with E-state index in [0.29, 0.717) is 18.4 Å². The van der Waals surface area contributed by atoms with Gasteiger partial charge in [0.25, 0.3) is 0 Å². The fourth-order valence-electron chi connectivity index (χ4n) is 3.21. The lowest BCUT2D eigenvalue weighted by Crippen LogP contribution is -2.13. The summed E-state index contributed by atoms with van der Waals surface area (Å²) in [7, 11) is 0. The lowest BCUT2D eigenvalue weighted by molar-refractivity contribution is -0.0413. The normalized spacial score (nSPS) is 22.0. The number of hydrogen-bond acceptors (Lipinski definition) is 4. The molecule has 2 aliphatic rings. The average Bonchev–Trinajstić information content (AvgIpc) is 3.16. The van der Waals surface area contributed by atoms with Crippen molar-refractivity contribution in [2.45, 2.75) is 31.5 Å². The van der Waals surface area contributed by atoms with Crippen molar-refractivity contribution in [3.63, 3.8) is 0 Å². The molecule has 22 heavy (non-hydrogen) atoms.